The van der Waals surface area contributed by atoms with Crippen molar-refractivity contribution in [1.82, 2.24) is 9.88 Å². The molecular formula is C23H22ClN3O. The van der Waals surface area contributed by atoms with Gasteiger partial charge in [-0.25, -0.2) is 0 Å². The van der Waals surface area contributed by atoms with Crippen LogP contribution in [0, 0.1) is 11.3 Å². The largest absolute Gasteiger partial charge is 0.347 e. The lowest BCUT2D eigenvalue weighted by Gasteiger charge is -2.04. The molecule has 0 spiro atoms. The number of amides is 1. The summed E-state index contributed by atoms with van der Waals surface area (Å²) in [5.41, 5.74) is 3.00. The lowest BCUT2D eigenvalue weighted by Crippen LogP contribution is -2.23. The smallest absolute Gasteiger partial charge is 0.262 e. The van der Waals surface area contributed by atoms with Crippen LogP contribution in [0.25, 0.3) is 17.0 Å². The van der Waals surface area contributed by atoms with Gasteiger partial charge in [-0.05, 0) is 36.3 Å². The van der Waals surface area contributed by atoms with Gasteiger partial charge in [0.05, 0.1) is 0 Å². The molecule has 0 aliphatic rings. The SMILES string of the molecule is CCCCn1cc(/C=C(\C#N)C(=O)NCc2ccc(Cl)cc2)c2ccccc21. The highest BCUT2D eigenvalue weighted by Crippen LogP contribution is 2.24. The second kappa shape index (κ2) is 9.25. The van der Waals surface area contributed by atoms with Crippen LogP contribution in [0.1, 0.15) is 30.9 Å². The molecule has 0 aliphatic carbocycles. The van der Waals surface area contributed by atoms with E-state index >= 15 is 0 Å². The molecule has 1 amide bonds. The van der Waals surface area contributed by atoms with E-state index in [0.717, 1.165) is 41.4 Å². The third-order valence-corrected chi connectivity index (χ3v) is 4.86. The number of aromatic nitrogens is 1. The first-order valence-electron chi connectivity index (χ1n) is 9.34. The molecule has 1 N–H and O–H groups in total. The topological polar surface area (TPSA) is 57.8 Å². The third kappa shape index (κ3) is 4.62. The molecule has 4 nitrogen and oxygen atoms in total. The van der Waals surface area contributed by atoms with Crippen molar-refractivity contribution in [3.05, 3.63) is 76.5 Å². The van der Waals surface area contributed by atoms with Crippen LogP contribution in [0.2, 0.25) is 5.02 Å². The number of hydrogen-bond acceptors (Lipinski definition) is 2. The van der Waals surface area contributed by atoms with E-state index in [2.05, 4.69) is 22.9 Å². The van der Waals surface area contributed by atoms with Gasteiger partial charge in [0.2, 0.25) is 0 Å². The summed E-state index contributed by atoms with van der Waals surface area (Å²) in [5.74, 6) is -0.386. The van der Waals surface area contributed by atoms with Crippen molar-refractivity contribution in [3.8, 4) is 6.07 Å². The average molecular weight is 392 g/mol. The molecule has 0 aliphatic heterocycles. The number of halogens is 1. The Hall–Kier alpha value is -3.03. The van der Waals surface area contributed by atoms with Gasteiger partial charge in [-0.15, -0.1) is 0 Å². The molecule has 0 radical (unpaired) electrons. The molecule has 28 heavy (non-hydrogen) atoms. The van der Waals surface area contributed by atoms with Gasteiger partial charge in [0.25, 0.3) is 5.91 Å². The molecule has 3 rings (SSSR count). The van der Waals surface area contributed by atoms with Crippen molar-refractivity contribution < 1.29 is 4.79 Å². The predicted octanol–water partition coefficient (Wildman–Crippen LogP) is 5.32. The van der Waals surface area contributed by atoms with Gasteiger partial charge in [0.1, 0.15) is 11.6 Å². The van der Waals surface area contributed by atoms with Gasteiger partial charge >= 0.3 is 0 Å². The highest BCUT2D eigenvalue weighted by molar-refractivity contribution is 6.30. The monoisotopic (exact) mass is 391 g/mol. The zero-order valence-electron chi connectivity index (χ0n) is 15.8. The molecule has 142 valence electrons. The Morgan fingerprint density at radius 2 is 1.96 bits per heavy atom. The molecule has 3 aromatic rings. The van der Waals surface area contributed by atoms with Crippen LogP contribution in [-0.4, -0.2) is 10.5 Å². The minimum Gasteiger partial charge on any atom is -0.347 e. The minimum atomic E-state index is -0.386. The molecule has 0 bridgehead atoms. The summed E-state index contributed by atoms with van der Waals surface area (Å²) in [7, 11) is 0. The molecule has 2 aromatic carbocycles. The summed E-state index contributed by atoms with van der Waals surface area (Å²) in [4.78, 5) is 12.5. The van der Waals surface area contributed by atoms with Gasteiger partial charge in [0.15, 0.2) is 0 Å². The van der Waals surface area contributed by atoms with Crippen LogP contribution in [0.5, 0.6) is 0 Å². The van der Waals surface area contributed by atoms with E-state index < -0.39 is 0 Å². The van der Waals surface area contributed by atoms with Crippen LogP contribution >= 0.6 is 11.6 Å². The molecule has 0 fully saturated rings. The quantitative estimate of drug-likeness (QED) is 0.437. The highest BCUT2D eigenvalue weighted by Gasteiger charge is 2.12. The number of fused-ring (bicyclic) bond motifs is 1. The molecule has 1 aromatic heterocycles. The lowest BCUT2D eigenvalue weighted by atomic mass is 10.1. The van der Waals surface area contributed by atoms with Crippen LogP contribution in [0.3, 0.4) is 0 Å². The summed E-state index contributed by atoms with van der Waals surface area (Å²) < 4.78 is 2.19. The van der Waals surface area contributed by atoms with E-state index in [1.165, 1.54) is 0 Å². The summed E-state index contributed by atoms with van der Waals surface area (Å²) >= 11 is 5.88. The summed E-state index contributed by atoms with van der Waals surface area (Å²) in [5, 5.41) is 14.0. The van der Waals surface area contributed by atoms with Crippen molar-refractivity contribution in [1.29, 1.82) is 5.26 Å². The predicted molar refractivity (Wildman–Crippen MR) is 114 cm³/mol. The maximum Gasteiger partial charge on any atom is 0.262 e. The fourth-order valence-electron chi connectivity index (χ4n) is 3.09. The normalized spacial score (nSPS) is 11.4. The first-order chi connectivity index (χ1) is 13.6. The van der Waals surface area contributed by atoms with Gasteiger partial charge < -0.3 is 9.88 Å². The number of nitrogens with zero attached hydrogens (tertiary/aromatic N) is 2. The van der Waals surface area contributed by atoms with E-state index in [9.17, 15) is 10.1 Å². The molecule has 0 saturated carbocycles. The number of unbranched alkanes of at least 4 members (excludes halogenated alkanes) is 1. The van der Waals surface area contributed by atoms with Gasteiger partial charge in [-0.2, -0.15) is 5.26 Å². The zero-order valence-corrected chi connectivity index (χ0v) is 16.5. The number of nitriles is 1. The van der Waals surface area contributed by atoms with Crippen molar-refractivity contribution in [2.24, 2.45) is 0 Å². The molecule has 1 heterocycles. The molecule has 0 atom stereocenters. The molecular weight excluding hydrogens is 370 g/mol. The number of rotatable bonds is 7. The fourth-order valence-corrected chi connectivity index (χ4v) is 3.21. The number of nitrogens with one attached hydrogen (secondary N) is 1. The fraction of sp³-hybridized carbons (Fsp3) is 0.217. The van der Waals surface area contributed by atoms with Crippen LogP contribution in [0.4, 0.5) is 0 Å². The molecule has 0 saturated heterocycles. The number of carbonyl (C=O) groups is 1. The highest BCUT2D eigenvalue weighted by atomic mass is 35.5. The molecule has 5 heteroatoms. The number of carbonyl (C=O) groups excluding carboxylic acids is 1. The van der Waals surface area contributed by atoms with Gasteiger partial charge in [0, 0.05) is 40.8 Å². The second-order valence-corrected chi connectivity index (χ2v) is 7.06. The van der Waals surface area contributed by atoms with E-state index in [1.54, 1.807) is 18.2 Å². The maximum atomic E-state index is 12.5. The zero-order chi connectivity index (χ0) is 19.9. The van der Waals surface area contributed by atoms with Crippen molar-refractivity contribution in [3.63, 3.8) is 0 Å². The first kappa shape index (κ1) is 19.7. The number of para-hydroxylation sites is 1. The lowest BCUT2D eigenvalue weighted by molar-refractivity contribution is -0.117. The Morgan fingerprint density at radius 3 is 2.68 bits per heavy atom. The Kier molecular flexibility index (Phi) is 6.52. The maximum absolute atomic E-state index is 12.5. The van der Waals surface area contributed by atoms with Crippen LogP contribution < -0.4 is 5.32 Å². The molecule has 0 unspecified atom stereocenters. The summed E-state index contributed by atoms with van der Waals surface area (Å²) in [6.07, 6.45) is 5.87. The third-order valence-electron chi connectivity index (χ3n) is 4.60. The van der Waals surface area contributed by atoms with Crippen LogP contribution in [0.15, 0.2) is 60.3 Å². The number of benzene rings is 2. The summed E-state index contributed by atoms with van der Waals surface area (Å²) in [6.45, 7) is 3.41. The Bertz CT molecular complexity index is 1040. The van der Waals surface area contributed by atoms with Gasteiger partial charge in [-0.3, -0.25) is 4.79 Å². The van der Waals surface area contributed by atoms with E-state index in [0.29, 0.717) is 11.6 Å². The minimum absolute atomic E-state index is 0.0901. The van der Waals surface area contributed by atoms with Crippen LogP contribution in [-0.2, 0) is 17.9 Å². The second-order valence-electron chi connectivity index (χ2n) is 6.63. The van der Waals surface area contributed by atoms with Crippen molar-refractivity contribution in [2.75, 3.05) is 0 Å². The Morgan fingerprint density at radius 1 is 1.21 bits per heavy atom. The van der Waals surface area contributed by atoms with E-state index in [-0.39, 0.29) is 11.5 Å². The first-order valence-corrected chi connectivity index (χ1v) is 9.72. The standard InChI is InChI=1S/C23H22ClN3O/c1-2-3-12-27-16-19(21-6-4-5-7-22(21)27)13-18(14-25)23(28)26-15-17-8-10-20(24)11-9-17/h4-11,13,16H,2-3,12,15H2,1H3,(H,26,28)/b18-13+. The van der Waals surface area contributed by atoms with Gasteiger partial charge in [-0.1, -0.05) is 55.3 Å². The summed E-state index contributed by atoms with van der Waals surface area (Å²) in [6, 6.07) is 17.3. The Balaban J connectivity index is 1.82. The van der Waals surface area contributed by atoms with Crippen molar-refractivity contribution >= 4 is 34.5 Å². The number of aryl methyl sites for hydroxylation is 1. The van der Waals surface area contributed by atoms with E-state index in [1.807, 2.05) is 42.6 Å². The average Bonchev–Trinajstić information content (AvgIpc) is 3.07. The van der Waals surface area contributed by atoms with Crippen molar-refractivity contribution in [2.45, 2.75) is 32.9 Å². The number of hydrogen-bond donors (Lipinski definition) is 1. The van der Waals surface area contributed by atoms with E-state index in [4.69, 9.17) is 11.6 Å². The Labute approximate surface area is 170 Å².